The molecule has 0 spiro atoms. The van der Waals surface area contributed by atoms with Crippen LogP contribution in [0, 0.1) is 12.7 Å². The molecule has 0 amide bonds. The number of hydrogen-bond acceptors (Lipinski definition) is 0. The molecular formula is C14H18ClF. The van der Waals surface area contributed by atoms with Crippen molar-refractivity contribution in [3.8, 4) is 0 Å². The van der Waals surface area contributed by atoms with Gasteiger partial charge in [0.1, 0.15) is 5.82 Å². The van der Waals surface area contributed by atoms with Crippen molar-refractivity contribution in [2.24, 2.45) is 0 Å². The summed E-state index contributed by atoms with van der Waals surface area (Å²) in [4.78, 5) is 0. The van der Waals surface area contributed by atoms with Crippen molar-refractivity contribution >= 4 is 11.6 Å². The Kier molecular flexibility index (Phi) is 3.86. The van der Waals surface area contributed by atoms with Crippen molar-refractivity contribution in [2.45, 2.75) is 50.3 Å². The highest BCUT2D eigenvalue weighted by molar-refractivity contribution is 6.20. The van der Waals surface area contributed by atoms with E-state index in [1.807, 2.05) is 6.07 Å². The van der Waals surface area contributed by atoms with E-state index in [0.717, 1.165) is 24.8 Å². The Morgan fingerprint density at radius 1 is 1.25 bits per heavy atom. The fraction of sp³-hybridized carbons (Fsp3) is 0.571. The maximum absolute atomic E-state index is 13.3. The maximum atomic E-state index is 13.3. The molecule has 1 aliphatic rings. The van der Waals surface area contributed by atoms with Crippen molar-refractivity contribution in [3.63, 3.8) is 0 Å². The van der Waals surface area contributed by atoms with Crippen molar-refractivity contribution < 1.29 is 4.39 Å². The molecule has 0 aromatic heterocycles. The van der Waals surface area contributed by atoms with Crippen LogP contribution >= 0.6 is 11.6 Å². The lowest BCUT2D eigenvalue weighted by Gasteiger charge is -2.18. The molecule has 2 unspecified atom stereocenters. The lowest BCUT2D eigenvalue weighted by atomic mass is 9.88. The fourth-order valence-corrected chi connectivity index (χ4v) is 3.00. The zero-order chi connectivity index (χ0) is 11.5. The number of alkyl halides is 1. The van der Waals surface area contributed by atoms with E-state index in [1.54, 1.807) is 6.07 Å². The first-order valence-electron chi connectivity index (χ1n) is 6.07. The van der Waals surface area contributed by atoms with Crippen LogP contribution in [-0.2, 0) is 0 Å². The molecule has 1 aromatic rings. The molecule has 0 bridgehead atoms. The van der Waals surface area contributed by atoms with Crippen LogP contribution in [0.1, 0.15) is 49.1 Å². The lowest BCUT2D eigenvalue weighted by molar-refractivity contribution is 0.578. The first kappa shape index (κ1) is 11.9. The summed E-state index contributed by atoms with van der Waals surface area (Å²) >= 11 is 6.26. The molecule has 0 radical (unpaired) electrons. The summed E-state index contributed by atoms with van der Waals surface area (Å²) in [5.74, 6) is 0.316. The van der Waals surface area contributed by atoms with Gasteiger partial charge in [-0.2, -0.15) is 0 Å². The van der Waals surface area contributed by atoms with Crippen LogP contribution in [0.3, 0.4) is 0 Å². The molecule has 1 aromatic carbocycles. The molecule has 16 heavy (non-hydrogen) atoms. The van der Waals surface area contributed by atoms with Crippen LogP contribution in [-0.4, -0.2) is 5.38 Å². The van der Waals surface area contributed by atoms with E-state index in [9.17, 15) is 4.39 Å². The van der Waals surface area contributed by atoms with Gasteiger partial charge in [0.2, 0.25) is 0 Å². The van der Waals surface area contributed by atoms with E-state index < -0.39 is 0 Å². The third kappa shape index (κ3) is 2.76. The van der Waals surface area contributed by atoms with E-state index in [4.69, 9.17) is 11.6 Å². The third-order valence-electron chi connectivity index (χ3n) is 3.54. The Hall–Kier alpha value is -0.560. The van der Waals surface area contributed by atoms with Crippen LogP contribution in [0.25, 0.3) is 0 Å². The molecular weight excluding hydrogens is 223 g/mol. The van der Waals surface area contributed by atoms with Gasteiger partial charge < -0.3 is 0 Å². The summed E-state index contributed by atoms with van der Waals surface area (Å²) in [5, 5.41) is 0.259. The Bertz CT molecular complexity index is 362. The monoisotopic (exact) mass is 240 g/mol. The number of hydrogen-bond donors (Lipinski definition) is 0. The predicted molar refractivity (Wildman–Crippen MR) is 66.6 cm³/mol. The Labute approximate surface area is 102 Å². The van der Waals surface area contributed by atoms with Crippen LogP contribution < -0.4 is 0 Å². The topological polar surface area (TPSA) is 0 Å². The van der Waals surface area contributed by atoms with Crippen LogP contribution in [0.4, 0.5) is 4.39 Å². The molecule has 88 valence electrons. The van der Waals surface area contributed by atoms with E-state index in [1.165, 1.54) is 24.5 Å². The van der Waals surface area contributed by atoms with E-state index in [0.29, 0.717) is 5.92 Å². The second-order valence-electron chi connectivity index (χ2n) is 4.82. The first-order chi connectivity index (χ1) is 7.66. The van der Waals surface area contributed by atoms with Crippen LogP contribution in [0.2, 0.25) is 0 Å². The largest absolute Gasteiger partial charge is 0.207 e. The molecule has 0 heterocycles. The van der Waals surface area contributed by atoms with Gasteiger partial charge >= 0.3 is 0 Å². The SMILES string of the molecule is Cc1ccc(F)cc1C1CCCCC(Cl)C1. The van der Waals surface area contributed by atoms with Gasteiger partial charge in [0.05, 0.1) is 0 Å². The summed E-state index contributed by atoms with van der Waals surface area (Å²) in [6, 6.07) is 5.10. The fourth-order valence-electron chi connectivity index (χ4n) is 2.63. The van der Waals surface area contributed by atoms with Gasteiger partial charge in [0, 0.05) is 5.38 Å². The normalized spacial score (nSPS) is 26.4. The number of rotatable bonds is 1. The summed E-state index contributed by atoms with van der Waals surface area (Å²) in [6.07, 6.45) is 5.66. The highest BCUT2D eigenvalue weighted by Gasteiger charge is 2.21. The summed E-state index contributed by atoms with van der Waals surface area (Å²) in [5.41, 5.74) is 2.35. The number of benzene rings is 1. The van der Waals surface area contributed by atoms with Crippen molar-refractivity contribution in [1.29, 1.82) is 0 Å². The molecule has 0 saturated heterocycles. The molecule has 0 nitrogen and oxygen atoms in total. The molecule has 2 rings (SSSR count). The highest BCUT2D eigenvalue weighted by atomic mass is 35.5. The second kappa shape index (κ2) is 5.18. The molecule has 1 fully saturated rings. The van der Waals surface area contributed by atoms with Crippen molar-refractivity contribution in [3.05, 3.63) is 35.1 Å². The van der Waals surface area contributed by atoms with Gasteiger partial charge in [-0.1, -0.05) is 18.9 Å². The molecule has 1 aliphatic carbocycles. The zero-order valence-corrected chi connectivity index (χ0v) is 10.4. The van der Waals surface area contributed by atoms with Crippen molar-refractivity contribution in [2.75, 3.05) is 0 Å². The van der Waals surface area contributed by atoms with Gasteiger partial charge in [-0.3, -0.25) is 0 Å². The van der Waals surface area contributed by atoms with Gasteiger partial charge in [-0.05, 0) is 55.4 Å². The minimum Gasteiger partial charge on any atom is -0.207 e. The van der Waals surface area contributed by atoms with E-state index in [2.05, 4.69) is 6.92 Å². The van der Waals surface area contributed by atoms with Gasteiger partial charge in [-0.15, -0.1) is 11.6 Å². The minimum absolute atomic E-state index is 0.129. The average Bonchev–Trinajstić information content (AvgIpc) is 2.46. The smallest absolute Gasteiger partial charge is 0.123 e. The maximum Gasteiger partial charge on any atom is 0.123 e. The number of aryl methyl sites for hydroxylation is 1. The Morgan fingerprint density at radius 3 is 2.81 bits per heavy atom. The molecule has 2 atom stereocenters. The zero-order valence-electron chi connectivity index (χ0n) is 9.68. The average molecular weight is 241 g/mol. The third-order valence-corrected chi connectivity index (χ3v) is 3.94. The second-order valence-corrected chi connectivity index (χ2v) is 5.43. The van der Waals surface area contributed by atoms with Crippen molar-refractivity contribution in [1.82, 2.24) is 0 Å². The Balaban J connectivity index is 2.24. The standard InChI is InChI=1S/C14H18ClF/c1-10-6-7-13(16)9-14(10)11-4-2-3-5-12(15)8-11/h6-7,9,11-12H,2-5,8H2,1H3. The van der Waals surface area contributed by atoms with E-state index in [-0.39, 0.29) is 11.2 Å². The first-order valence-corrected chi connectivity index (χ1v) is 6.50. The summed E-state index contributed by atoms with van der Waals surface area (Å²) in [6.45, 7) is 2.06. The quantitative estimate of drug-likeness (QED) is 0.489. The summed E-state index contributed by atoms with van der Waals surface area (Å²) < 4.78 is 13.3. The number of halogens is 2. The van der Waals surface area contributed by atoms with Gasteiger partial charge in [0.15, 0.2) is 0 Å². The summed E-state index contributed by atoms with van der Waals surface area (Å²) in [7, 11) is 0. The Morgan fingerprint density at radius 2 is 2.00 bits per heavy atom. The molecule has 0 aliphatic heterocycles. The van der Waals surface area contributed by atoms with Crippen LogP contribution in [0.15, 0.2) is 18.2 Å². The van der Waals surface area contributed by atoms with Crippen LogP contribution in [0.5, 0.6) is 0 Å². The lowest BCUT2D eigenvalue weighted by Crippen LogP contribution is -2.06. The molecule has 1 saturated carbocycles. The highest BCUT2D eigenvalue weighted by Crippen LogP contribution is 2.35. The molecule has 0 N–H and O–H groups in total. The predicted octanol–water partition coefficient (Wildman–Crippen LogP) is 4.79. The van der Waals surface area contributed by atoms with Gasteiger partial charge in [0.25, 0.3) is 0 Å². The van der Waals surface area contributed by atoms with Gasteiger partial charge in [-0.25, -0.2) is 4.39 Å². The molecule has 2 heteroatoms. The minimum atomic E-state index is -0.129. The van der Waals surface area contributed by atoms with E-state index >= 15 is 0 Å².